The molecule has 0 bridgehead atoms. The number of aliphatic hydroxyl groups excluding tert-OH is 3. The van der Waals surface area contributed by atoms with Crippen LogP contribution in [0.25, 0.3) is 5.76 Å². The number of carbonyl (C=O) groups excluding carboxylic acids is 2. The van der Waals surface area contributed by atoms with Gasteiger partial charge in [0.2, 0.25) is 0 Å². The number of aromatic hydroxyl groups is 1. The molecule has 0 heterocycles. The maximum atomic E-state index is 13.8. The normalized spacial score (nSPS) is 34.4. The van der Waals surface area contributed by atoms with Crippen LogP contribution < -0.4 is 5.73 Å². The summed E-state index contributed by atoms with van der Waals surface area (Å²) in [6, 6.07) is 3.50. The highest BCUT2D eigenvalue weighted by Gasteiger charge is 2.66. The van der Waals surface area contributed by atoms with Gasteiger partial charge in [0.15, 0.2) is 11.4 Å². The van der Waals surface area contributed by atoms with Crippen molar-refractivity contribution in [3.8, 4) is 5.75 Å². The second-order valence-corrected chi connectivity index (χ2v) is 8.94. The number of fused-ring (bicyclic) bond motifs is 3. The fraction of sp³-hybridized carbons (Fsp3) is 0.391. The number of primary amides is 1. The predicted molar refractivity (Wildman–Crippen MR) is 114 cm³/mol. The van der Waals surface area contributed by atoms with Crippen molar-refractivity contribution in [2.45, 2.75) is 30.6 Å². The molecule has 1 amide bonds. The van der Waals surface area contributed by atoms with E-state index in [-0.39, 0.29) is 16.9 Å². The van der Waals surface area contributed by atoms with Crippen LogP contribution in [0.1, 0.15) is 24.0 Å². The molecule has 170 valence electrons. The van der Waals surface area contributed by atoms with E-state index in [4.69, 9.17) is 5.73 Å². The number of Topliss-reactive ketones (excluding diaryl/α,β-unsaturated/α-hetero) is 1. The van der Waals surface area contributed by atoms with Crippen molar-refractivity contribution in [1.29, 1.82) is 0 Å². The van der Waals surface area contributed by atoms with Gasteiger partial charge in [-0.25, -0.2) is 0 Å². The minimum atomic E-state index is -2.52. The van der Waals surface area contributed by atoms with E-state index in [0.717, 1.165) is 0 Å². The van der Waals surface area contributed by atoms with E-state index in [1.165, 1.54) is 11.0 Å². The summed E-state index contributed by atoms with van der Waals surface area (Å²) >= 11 is 0. The topological polar surface area (TPSA) is 165 Å². The van der Waals surface area contributed by atoms with E-state index >= 15 is 0 Å². The van der Waals surface area contributed by atoms with Gasteiger partial charge in [-0.2, -0.15) is 0 Å². The molecule has 9 nitrogen and oxygen atoms in total. The predicted octanol–water partition coefficient (Wildman–Crippen LogP) is 0.483. The molecular weight excluding hydrogens is 416 g/mol. The second-order valence-electron chi connectivity index (χ2n) is 8.94. The molecule has 6 unspecified atom stereocenters. The average Bonchev–Trinajstić information content (AvgIpc) is 2.70. The number of phenolic OH excluding ortho intramolecular Hbond substituents is 1. The minimum absolute atomic E-state index is 0.0490. The van der Waals surface area contributed by atoms with Crippen molar-refractivity contribution in [2.24, 2.45) is 17.6 Å². The molecule has 6 atom stereocenters. The number of carbonyl (C=O) groups is 2. The van der Waals surface area contributed by atoms with Gasteiger partial charge in [-0.15, -0.1) is 0 Å². The van der Waals surface area contributed by atoms with E-state index in [1.54, 1.807) is 33.2 Å². The van der Waals surface area contributed by atoms with Gasteiger partial charge in [0.25, 0.3) is 5.91 Å². The lowest BCUT2D eigenvalue weighted by atomic mass is 9.53. The molecule has 3 aliphatic rings. The van der Waals surface area contributed by atoms with E-state index in [1.807, 2.05) is 0 Å². The van der Waals surface area contributed by atoms with Gasteiger partial charge in [0, 0.05) is 23.0 Å². The largest absolute Gasteiger partial charge is 0.510 e. The molecule has 0 aliphatic heterocycles. The van der Waals surface area contributed by atoms with Gasteiger partial charge in [-0.1, -0.05) is 25.6 Å². The number of hydrogen-bond acceptors (Lipinski definition) is 8. The molecule has 1 aromatic rings. The van der Waals surface area contributed by atoms with Crippen LogP contribution in [-0.4, -0.2) is 74.0 Å². The molecule has 4 rings (SSSR count). The summed E-state index contributed by atoms with van der Waals surface area (Å²) in [7, 11) is 3.12. The van der Waals surface area contributed by atoms with Crippen LogP contribution in [0.3, 0.4) is 0 Å². The Kier molecular flexibility index (Phi) is 4.78. The Bertz CT molecular complexity index is 1140. The Labute approximate surface area is 184 Å². The summed E-state index contributed by atoms with van der Waals surface area (Å²) in [4.78, 5) is 27.4. The average molecular weight is 442 g/mol. The zero-order valence-corrected chi connectivity index (χ0v) is 17.9. The summed E-state index contributed by atoms with van der Waals surface area (Å²) in [6.07, 6.45) is -1.43. The second kappa shape index (κ2) is 6.93. The molecule has 3 aliphatic carbocycles. The molecule has 0 spiro atoms. The Hall–Kier alpha value is -3.14. The number of amides is 1. The standard InChI is InChI=1S/C23H26N2O7/c1-8-10-6-5-7-11(26)14(10)18(27)15-12(8)19(28)16-17(25(3)4)20(29)13(22(24)31)9(2)23(16,32)21(15)30/h5-8,12,16-17,19,26-29,32H,2H2,1,3-4H3,(H2,24,31). The van der Waals surface area contributed by atoms with E-state index in [0.29, 0.717) is 5.56 Å². The number of likely N-dealkylation sites (N-methyl/N-ethyl adjacent to an activating group) is 1. The van der Waals surface area contributed by atoms with Gasteiger partial charge in [0.05, 0.1) is 23.3 Å². The van der Waals surface area contributed by atoms with Crippen LogP contribution in [0.4, 0.5) is 0 Å². The Morgan fingerprint density at radius 3 is 2.41 bits per heavy atom. The lowest BCUT2D eigenvalue weighted by Crippen LogP contribution is -2.68. The third-order valence-electron chi connectivity index (χ3n) is 7.18. The quantitative estimate of drug-likeness (QED) is 0.385. The van der Waals surface area contributed by atoms with E-state index in [2.05, 4.69) is 6.58 Å². The first-order valence-electron chi connectivity index (χ1n) is 10.2. The Morgan fingerprint density at radius 2 is 1.84 bits per heavy atom. The van der Waals surface area contributed by atoms with Gasteiger partial charge in [-0.05, 0) is 31.6 Å². The number of benzene rings is 1. The summed E-state index contributed by atoms with van der Waals surface area (Å²) in [5, 5.41) is 55.4. The summed E-state index contributed by atoms with van der Waals surface area (Å²) in [6.45, 7) is 5.41. The van der Waals surface area contributed by atoms with Crippen LogP contribution in [0.15, 0.2) is 47.3 Å². The zero-order valence-electron chi connectivity index (χ0n) is 17.9. The van der Waals surface area contributed by atoms with Crippen LogP contribution in [0.5, 0.6) is 5.75 Å². The number of phenols is 1. The lowest BCUT2D eigenvalue weighted by Gasteiger charge is -2.55. The molecule has 0 saturated heterocycles. The molecule has 0 radical (unpaired) electrons. The van der Waals surface area contributed by atoms with Crippen molar-refractivity contribution < 1.29 is 35.1 Å². The lowest BCUT2D eigenvalue weighted by molar-refractivity contribution is -0.158. The summed E-state index contributed by atoms with van der Waals surface area (Å²) in [5.41, 5.74) is 2.28. The van der Waals surface area contributed by atoms with Gasteiger partial charge in [-0.3, -0.25) is 14.5 Å². The molecule has 1 fully saturated rings. The summed E-state index contributed by atoms with van der Waals surface area (Å²) < 4.78 is 0. The Balaban J connectivity index is 2.05. The molecule has 32 heavy (non-hydrogen) atoms. The first kappa shape index (κ1) is 22.1. The highest BCUT2D eigenvalue weighted by molar-refractivity contribution is 6.14. The number of hydrogen-bond donors (Lipinski definition) is 6. The fourth-order valence-electron chi connectivity index (χ4n) is 5.74. The Morgan fingerprint density at radius 1 is 1.22 bits per heavy atom. The number of rotatable bonds is 2. The van der Waals surface area contributed by atoms with Crippen molar-refractivity contribution in [3.05, 3.63) is 58.4 Å². The number of ketones is 1. The van der Waals surface area contributed by atoms with Gasteiger partial charge >= 0.3 is 0 Å². The zero-order chi connectivity index (χ0) is 23.9. The van der Waals surface area contributed by atoms with Crippen LogP contribution in [0, 0.1) is 11.8 Å². The maximum absolute atomic E-state index is 13.8. The molecule has 1 saturated carbocycles. The van der Waals surface area contributed by atoms with E-state index in [9.17, 15) is 35.1 Å². The number of nitrogens with zero attached hydrogens (tertiary/aromatic N) is 1. The SMILES string of the molecule is C=C1C(C(N)=O)=C(O)C(N(C)C)C2C(O)C3C(=C(O)c4c(O)cccc4C3C)C(=O)C12O. The molecular formula is C23H26N2O7. The molecule has 0 aromatic heterocycles. The molecule has 9 heteroatoms. The van der Waals surface area contributed by atoms with Crippen molar-refractivity contribution in [2.75, 3.05) is 14.1 Å². The molecule has 1 aromatic carbocycles. The van der Waals surface area contributed by atoms with E-state index < -0.39 is 69.9 Å². The van der Waals surface area contributed by atoms with Crippen LogP contribution in [-0.2, 0) is 9.59 Å². The van der Waals surface area contributed by atoms with Crippen molar-refractivity contribution >= 4 is 17.4 Å². The third kappa shape index (κ3) is 2.49. The van der Waals surface area contributed by atoms with Crippen LogP contribution >= 0.6 is 0 Å². The van der Waals surface area contributed by atoms with Crippen molar-refractivity contribution in [3.63, 3.8) is 0 Å². The van der Waals surface area contributed by atoms with Crippen molar-refractivity contribution in [1.82, 2.24) is 4.90 Å². The first-order valence-corrected chi connectivity index (χ1v) is 10.2. The number of aliphatic hydroxyl groups is 4. The minimum Gasteiger partial charge on any atom is -0.510 e. The number of nitrogens with two attached hydrogens (primary N) is 1. The maximum Gasteiger partial charge on any atom is 0.252 e. The highest BCUT2D eigenvalue weighted by atomic mass is 16.3. The monoisotopic (exact) mass is 442 g/mol. The highest BCUT2D eigenvalue weighted by Crippen LogP contribution is 2.57. The molecule has 7 N–H and O–H groups in total. The first-order chi connectivity index (χ1) is 14.9. The smallest absolute Gasteiger partial charge is 0.252 e. The van der Waals surface area contributed by atoms with Gasteiger partial charge < -0.3 is 31.3 Å². The van der Waals surface area contributed by atoms with Gasteiger partial charge in [0.1, 0.15) is 17.3 Å². The fourth-order valence-corrected chi connectivity index (χ4v) is 5.74. The third-order valence-corrected chi connectivity index (χ3v) is 7.18. The summed E-state index contributed by atoms with van der Waals surface area (Å²) in [5.74, 6) is -6.11. The van der Waals surface area contributed by atoms with Crippen LogP contribution in [0.2, 0.25) is 0 Å².